The van der Waals surface area contributed by atoms with Crippen LogP contribution in [0.2, 0.25) is 0 Å². The van der Waals surface area contributed by atoms with Crippen LogP contribution in [0.4, 0.5) is 0 Å². The number of hydrogen-bond acceptors (Lipinski definition) is 2. The zero-order valence-corrected chi connectivity index (χ0v) is 6.77. The summed E-state index contributed by atoms with van der Waals surface area (Å²) in [6.07, 6.45) is 3.92. The number of benzene rings is 1. The van der Waals surface area contributed by atoms with Gasteiger partial charge in [0, 0.05) is 12.6 Å². The van der Waals surface area contributed by atoms with Crippen molar-refractivity contribution in [1.82, 2.24) is 0 Å². The van der Waals surface area contributed by atoms with Gasteiger partial charge in [-0.1, -0.05) is 36.9 Å². The predicted octanol–water partition coefficient (Wildman–Crippen LogP) is 2.33. The lowest BCUT2D eigenvalue weighted by molar-refractivity contribution is 0.321. The van der Waals surface area contributed by atoms with E-state index in [0.29, 0.717) is 6.42 Å². The average Bonchev–Trinajstić information content (AvgIpc) is 2.15. The van der Waals surface area contributed by atoms with Gasteiger partial charge in [0.15, 0.2) is 0 Å². The molecule has 0 aromatic heterocycles. The maximum atomic E-state index is 8.18. The second kappa shape index (κ2) is 4.34. The fraction of sp³-hybridized carbons (Fsp3) is 0.100. The molecule has 0 aliphatic rings. The van der Waals surface area contributed by atoms with Gasteiger partial charge in [-0.05, 0) is 11.1 Å². The first-order valence-electron chi connectivity index (χ1n) is 3.74. The van der Waals surface area contributed by atoms with E-state index in [9.17, 15) is 0 Å². The normalized spacial score (nSPS) is 10.3. The SMILES string of the molecule is C=Cc1ccc(CC=NO)cc1. The van der Waals surface area contributed by atoms with Crippen molar-refractivity contribution in [2.75, 3.05) is 0 Å². The van der Waals surface area contributed by atoms with E-state index >= 15 is 0 Å². The van der Waals surface area contributed by atoms with Crippen LogP contribution in [0.25, 0.3) is 6.08 Å². The van der Waals surface area contributed by atoms with E-state index in [1.165, 1.54) is 6.21 Å². The molecule has 0 atom stereocenters. The smallest absolute Gasteiger partial charge is 0.0479 e. The lowest BCUT2D eigenvalue weighted by Crippen LogP contribution is -1.85. The molecule has 0 saturated heterocycles. The Bertz CT molecular complexity index is 274. The Kier molecular flexibility index (Phi) is 3.08. The van der Waals surface area contributed by atoms with Gasteiger partial charge in [-0.25, -0.2) is 0 Å². The molecule has 0 radical (unpaired) electrons. The summed E-state index contributed by atoms with van der Waals surface area (Å²) in [4.78, 5) is 0. The van der Waals surface area contributed by atoms with Gasteiger partial charge in [0.25, 0.3) is 0 Å². The molecule has 2 heteroatoms. The van der Waals surface area contributed by atoms with Gasteiger partial charge >= 0.3 is 0 Å². The fourth-order valence-electron chi connectivity index (χ4n) is 0.936. The molecule has 0 unspecified atom stereocenters. The minimum absolute atomic E-state index is 0.661. The summed E-state index contributed by atoms with van der Waals surface area (Å²) < 4.78 is 0. The lowest BCUT2D eigenvalue weighted by atomic mass is 10.1. The molecule has 1 aromatic carbocycles. The Morgan fingerprint density at radius 1 is 1.33 bits per heavy atom. The number of oxime groups is 1. The van der Waals surface area contributed by atoms with E-state index < -0.39 is 0 Å². The van der Waals surface area contributed by atoms with E-state index in [1.807, 2.05) is 24.3 Å². The first-order chi connectivity index (χ1) is 5.86. The van der Waals surface area contributed by atoms with Gasteiger partial charge in [-0.15, -0.1) is 5.16 Å². The second-order valence-electron chi connectivity index (χ2n) is 2.45. The summed E-state index contributed by atoms with van der Waals surface area (Å²) in [7, 11) is 0. The van der Waals surface area contributed by atoms with E-state index in [4.69, 9.17) is 5.21 Å². The summed E-state index contributed by atoms with van der Waals surface area (Å²) in [6, 6.07) is 7.93. The Morgan fingerprint density at radius 2 is 2.00 bits per heavy atom. The highest BCUT2D eigenvalue weighted by Crippen LogP contribution is 2.04. The van der Waals surface area contributed by atoms with Crippen molar-refractivity contribution < 1.29 is 5.21 Å². The Labute approximate surface area is 71.8 Å². The average molecular weight is 161 g/mol. The minimum Gasteiger partial charge on any atom is -0.411 e. The lowest BCUT2D eigenvalue weighted by Gasteiger charge is -1.95. The number of hydrogen-bond donors (Lipinski definition) is 1. The van der Waals surface area contributed by atoms with Crippen LogP contribution in [0.5, 0.6) is 0 Å². The van der Waals surface area contributed by atoms with E-state index in [1.54, 1.807) is 6.08 Å². The molecule has 0 spiro atoms. The van der Waals surface area contributed by atoms with Crippen LogP contribution in [0.3, 0.4) is 0 Å². The van der Waals surface area contributed by atoms with Crippen LogP contribution >= 0.6 is 0 Å². The number of nitrogens with zero attached hydrogens (tertiary/aromatic N) is 1. The summed E-state index contributed by atoms with van der Waals surface area (Å²) in [6.45, 7) is 3.66. The van der Waals surface area contributed by atoms with Crippen molar-refractivity contribution in [1.29, 1.82) is 0 Å². The highest BCUT2D eigenvalue weighted by atomic mass is 16.4. The molecule has 0 bridgehead atoms. The molecule has 12 heavy (non-hydrogen) atoms. The van der Waals surface area contributed by atoms with Gasteiger partial charge in [0.05, 0.1) is 0 Å². The van der Waals surface area contributed by atoms with Gasteiger partial charge in [-0.3, -0.25) is 0 Å². The van der Waals surface area contributed by atoms with E-state index in [2.05, 4.69) is 11.7 Å². The van der Waals surface area contributed by atoms with Crippen molar-refractivity contribution in [3.8, 4) is 0 Å². The zero-order valence-electron chi connectivity index (χ0n) is 6.77. The van der Waals surface area contributed by atoms with Crippen LogP contribution < -0.4 is 0 Å². The predicted molar refractivity (Wildman–Crippen MR) is 50.5 cm³/mol. The minimum atomic E-state index is 0.661. The molecule has 0 saturated carbocycles. The highest BCUT2D eigenvalue weighted by molar-refractivity contribution is 5.61. The van der Waals surface area contributed by atoms with E-state index in [-0.39, 0.29) is 0 Å². The largest absolute Gasteiger partial charge is 0.411 e. The monoisotopic (exact) mass is 161 g/mol. The molecule has 1 rings (SSSR count). The highest BCUT2D eigenvalue weighted by Gasteiger charge is 1.89. The standard InChI is InChI=1S/C10H11NO/c1-2-9-3-5-10(6-4-9)7-8-11-12/h2-6,8,12H,1,7H2. The molecular weight excluding hydrogens is 150 g/mol. The maximum Gasteiger partial charge on any atom is 0.0479 e. The van der Waals surface area contributed by atoms with Gasteiger partial charge in [0.1, 0.15) is 0 Å². The van der Waals surface area contributed by atoms with Crippen LogP contribution in [-0.2, 0) is 6.42 Å². The first-order valence-corrected chi connectivity index (χ1v) is 3.74. The molecule has 1 N–H and O–H groups in total. The second-order valence-corrected chi connectivity index (χ2v) is 2.45. The summed E-state index contributed by atoms with van der Waals surface area (Å²) in [5, 5.41) is 11.1. The van der Waals surface area contributed by atoms with Crippen molar-refractivity contribution in [3.05, 3.63) is 42.0 Å². The third-order valence-corrected chi connectivity index (χ3v) is 1.62. The molecule has 0 amide bonds. The Morgan fingerprint density at radius 3 is 2.50 bits per heavy atom. The molecule has 0 heterocycles. The van der Waals surface area contributed by atoms with Gasteiger partial charge in [0.2, 0.25) is 0 Å². The summed E-state index contributed by atoms with van der Waals surface area (Å²) in [5.41, 5.74) is 2.22. The molecular formula is C10H11NO. The van der Waals surface area contributed by atoms with Crippen LogP contribution in [0.1, 0.15) is 11.1 Å². The van der Waals surface area contributed by atoms with Crippen molar-refractivity contribution >= 4 is 12.3 Å². The van der Waals surface area contributed by atoms with Crippen molar-refractivity contribution in [2.24, 2.45) is 5.16 Å². The Hall–Kier alpha value is -1.57. The quantitative estimate of drug-likeness (QED) is 0.412. The molecule has 0 aliphatic carbocycles. The third-order valence-electron chi connectivity index (χ3n) is 1.62. The summed E-state index contributed by atoms with van der Waals surface area (Å²) >= 11 is 0. The van der Waals surface area contributed by atoms with Crippen molar-refractivity contribution in [3.63, 3.8) is 0 Å². The van der Waals surface area contributed by atoms with Crippen molar-refractivity contribution in [2.45, 2.75) is 6.42 Å². The summed E-state index contributed by atoms with van der Waals surface area (Å²) in [5.74, 6) is 0. The fourth-order valence-corrected chi connectivity index (χ4v) is 0.936. The first kappa shape index (κ1) is 8.53. The van der Waals surface area contributed by atoms with Gasteiger partial charge < -0.3 is 5.21 Å². The third kappa shape index (κ3) is 2.23. The maximum absolute atomic E-state index is 8.18. The zero-order chi connectivity index (χ0) is 8.81. The molecule has 0 aliphatic heterocycles. The van der Waals surface area contributed by atoms with Crippen LogP contribution in [-0.4, -0.2) is 11.4 Å². The molecule has 2 nitrogen and oxygen atoms in total. The van der Waals surface area contributed by atoms with E-state index in [0.717, 1.165) is 11.1 Å². The molecule has 1 aromatic rings. The number of rotatable bonds is 3. The van der Waals surface area contributed by atoms with Gasteiger partial charge in [-0.2, -0.15) is 0 Å². The molecule has 0 fully saturated rings. The Balaban J connectivity index is 2.70. The van der Waals surface area contributed by atoms with Crippen LogP contribution in [0.15, 0.2) is 36.0 Å². The molecule has 62 valence electrons. The topological polar surface area (TPSA) is 32.6 Å². The van der Waals surface area contributed by atoms with Crippen LogP contribution in [0, 0.1) is 0 Å².